The fourth-order valence-corrected chi connectivity index (χ4v) is 2.15. The third-order valence-electron chi connectivity index (χ3n) is 3.28. The summed E-state index contributed by atoms with van der Waals surface area (Å²) in [6.07, 6.45) is 6.91. The summed E-state index contributed by atoms with van der Waals surface area (Å²) < 4.78 is 0. The van der Waals surface area contributed by atoms with E-state index in [0.717, 1.165) is 25.6 Å². The van der Waals surface area contributed by atoms with Gasteiger partial charge in [0.1, 0.15) is 0 Å². The van der Waals surface area contributed by atoms with E-state index in [0.29, 0.717) is 5.92 Å². The predicted octanol–water partition coefficient (Wildman–Crippen LogP) is 1.87. The molecule has 2 heteroatoms. The van der Waals surface area contributed by atoms with Gasteiger partial charge in [-0.15, -0.1) is 6.58 Å². The number of hydrogen-bond acceptors (Lipinski definition) is 2. The van der Waals surface area contributed by atoms with E-state index in [2.05, 4.69) is 30.4 Å². The molecule has 1 aliphatic rings. The minimum Gasteiger partial charge on any atom is -0.330 e. The van der Waals surface area contributed by atoms with E-state index in [1.807, 2.05) is 6.08 Å². The van der Waals surface area contributed by atoms with Crippen molar-refractivity contribution in [2.75, 3.05) is 26.7 Å². The quantitative estimate of drug-likeness (QED) is 0.579. The molecule has 1 fully saturated rings. The highest BCUT2D eigenvalue weighted by molar-refractivity contribution is 5.06. The summed E-state index contributed by atoms with van der Waals surface area (Å²) in [5.41, 5.74) is 5.67. The lowest BCUT2D eigenvalue weighted by atomic mass is 9.82. The molecule has 0 radical (unpaired) electrons. The van der Waals surface area contributed by atoms with Gasteiger partial charge in [0.25, 0.3) is 0 Å². The van der Waals surface area contributed by atoms with Gasteiger partial charge in [-0.05, 0) is 45.2 Å². The zero-order chi connectivity index (χ0) is 11.8. The van der Waals surface area contributed by atoms with E-state index in [1.54, 1.807) is 0 Å². The molecule has 2 nitrogen and oxygen atoms in total. The van der Waals surface area contributed by atoms with Crippen molar-refractivity contribution in [1.29, 1.82) is 0 Å². The molecule has 90 valence electrons. The highest BCUT2D eigenvalue weighted by atomic mass is 15.1. The van der Waals surface area contributed by atoms with Crippen molar-refractivity contribution >= 4 is 0 Å². The summed E-state index contributed by atoms with van der Waals surface area (Å²) in [7, 11) is 2.07. The lowest BCUT2D eigenvalue weighted by molar-refractivity contribution is 0.323. The summed E-state index contributed by atoms with van der Waals surface area (Å²) in [5, 5.41) is 0. The van der Waals surface area contributed by atoms with Crippen LogP contribution in [0.2, 0.25) is 0 Å². The summed E-state index contributed by atoms with van der Waals surface area (Å²) in [6, 6.07) is 0. The SMILES string of the molecule is C=CCN(C)CC#C[C@H]1CC[C@H](CN)CC1. The van der Waals surface area contributed by atoms with Crippen molar-refractivity contribution in [3.63, 3.8) is 0 Å². The fourth-order valence-electron chi connectivity index (χ4n) is 2.15. The maximum absolute atomic E-state index is 5.67. The molecule has 0 atom stereocenters. The Labute approximate surface area is 99.9 Å². The Hall–Kier alpha value is -0.780. The highest BCUT2D eigenvalue weighted by Gasteiger charge is 2.18. The van der Waals surface area contributed by atoms with Gasteiger partial charge < -0.3 is 5.73 Å². The van der Waals surface area contributed by atoms with Crippen LogP contribution in [-0.2, 0) is 0 Å². The smallest absolute Gasteiger partial charge is 0.0601 e. The van der Waals surface area contributed by atoms with E-state index in [4.69, 9.17) is 5.73 Å². The summed E-state index contributed by atoms with van der Waals surface area (Å²) >= 11 is 0. The molecule has 0 aromatic rings. The van der Waals surface area contributed by atoms with Crippen molar-refractivity contribution in [3.8, 4) is 11.8 Å². The minimum absolute atomic E-state index is 0.611. The normalized spacial score (nSPS) is 24.9. The second kappa shape index (κ2) is 7.49. The number of likely N-dealkylation sites (N-methyl/N-ethyl adjacent to an activating group) is 1. The van der Waals surface area contributed by atoms with Crippen LogP contribution < -0.4 is 5.73 Å². The molecule has 0 aliphatic heterocycles. The second-order valence-corrected chi connectivity index (χ2v) is 4.76. The molecule has 0 bridgehead atoms. The third-order valence-corrected chi connectivity index (χ3v) is 3.28. The molecule has 0 heterocycles. The van der Waals surface area contributed by atoms with Crippen LogP contribution in [0, 0.1) is 23.7 Å². The van der Waals surface area contributed by atoms with Crippen LogP contribution in [0.4, 0.5) is 0 Å². The Morgan fingerprint density at radius 2 is 2.06 bits per heavy atom. The average molecular weight is 220 g/mol. The first kappa shape index (κ1) is 13.3. The van der Waals surface area contributed by atoms with Gasteiger partial charge >= 0.3 is 0 Å². The average Bonchev–Trinajstić information content (AvgIpc) is 2.30. The predicted molar refractivity (Wildman–Crippen MR) is 70.0 cm³/mol. The Kier molecular flexibility index (Phi) is 6.22. The molecule has 0 unspecified atom stereocenters. The van der Waals surface area contributed by atoms with Crippen molar-refractivity contribution in [3.05, 3.63) is 12.7 Å². The lowest BCUT2D eigenvalue weighted by Crippen LogP contribution is -2.21. The third kappa shape index (κ3) is 4.83. The van der Waals surface area contributed by atoms with Crippen molar-refractivity contribution in [2.24, 2.45) is 17.6 Å². The minimum atomic E-state index is 0.611. The van der Waals surface area contributed by atoms with Crippen LogP contribution in [0.1, 0.15) is 25.7 Å². The number of nitrogens with two attached hydrogens (primary N) is 1. The molecule has 0 saturated heterocycles. The largest absolute Gasteiger partial charge is 0.330 e. The van der Waals surface area contributed by atoms with E-state index < -0.39 is 0 Å². The Morgan fingerprint density at radius 3 is 2.62 bits per heavy atom. The Bertz CT molecular complexity index is 254. The van der Waals surface area contributed by atoms with Crippen LogP contribution in [0.5, 0.6) is 0 Å². The molecule has 1 aliphatic carbocycles. The fraction of sp³-hybridized carbons (Fsp3) is 0.714. The van der Waals surface area contributed by atoms with Crippen LogP contribution in [-0.4, -0.2) is 31.6 Å². The molecular weight excluding hydrogens is 196 g/mol. The van der Waals surface area contributed by atoms with Gasteiger partial charge in [-0.25, -0.2) is 0 Å². The van der Waals surface area contributed by atoms with Gasteiger partial charge in [-0.1, -0.05) is 17.9 Å². The number of hydrogen-bond donors (Lipinski definition) is 1. The van der Waals surface area contributed by atoms with Crippen LogP contribution in [0.25, 0.3) is 0 Å². The van der Waals surface area contributed by atoms with Gasteiger partial charge in [-0.3, -0.25) is 4.90 Å². The van der Waals surface area contributed by atoms with Crippen molar-refractivity contribution in [2.45, 2.75) is 25.7 Å². The monoisotopic (exact) mass is 220 g/mol. The molecule has 0 amide bonds. The second-order valence-electron chi connectivity index (χ2n) is 4.76. The van der Waals surface area contributed by atoms with Crippen LogP contribution in [0.3, 0.4) is 0 Å². The lowest BCUT2D eigenvalue weighted by Gasteiger charge is -2.24. The molecule has 0 spiro atoms. The van der Waals surface area contributed by atoms with Gasteiger partial charge in [0.05, 0.1) is 6.54 Å². The Balaban J connectivity index is 2.22. The molecule has 0 aromatic carbocycles. The number of nitrogens with zero attached hydrogens (tertiary/aromatic N) is 1. The zero-order valence-corrected chi connectivity index (χ0v) is 10.4. The van der Waals surface area contributed by atoms with E-state index >= 15 is 0 Å². The molecule has 16 heavy (non-hydrogen) atoms. The van der Waals surface area contributed by atoms with Crippen molar-refractivity contribution < 1.29 is 0 Å². The Morgan fingerprint density at radius 1 is 1.38 bits per heavy atom. The van der Waals surface area contributed by atoms with Gasteiger partial charge in [0.15, 0.2) is 0 Å². The van der Waals surface area contributed by atoms with E-state index in [-0.39, 0.29) is 0 Å². The first-order valence-corrected chi connectivity index (χ1v) is 6.24. The van der Waals surface area contributed by atoms with Gasteiger partial charge in [0.2, 0.25) is 0 Å². The highest BCUT2D eigenvalue weighted by Crippen LogP contribution is 2.27. The summed E-state index contributed by atoms with van der Waals surface area (Å²) in [5.74, 6) is 8.02. The van der Waals surface area contributed by atoms with Gasteiger partial charge in [-0.2, -0.15) is 0 Å². The van der Waals surface area contributed by atoms with Crippen LogP contribution in [0.15, 0.2) is 12.7 Å². The van der Waals surface area contributed by atoms with Gasteiger partial charge in [0, 0.05) is 12.5 Å². The van der Waals surface area contributed by atoms with Crippen LogP contribution >= 0.6 is 0 Å². The topological polar surface area (TPSA) is 29.3 Å². The summed E-state index contributed by atoms with van der Waals surface area (Å²) in [6.45, 7) is 6.33. The number of rotatable bonds is 4. The first-order valence-electron chi connectivity index (χ1n) is 6.24. The maximum Gasteiger partial charge on any atom is 0.0601 e. The molecule has 0 aromatic heterocycles. The van der Waals surface area contributed by atoms with E-state index in [1.165, 1.54) is 25.7 Å². The molecule has 1 rings (SSSR count). The van der Waals surface area contributed by atoms with Crippen molar-refractivity contribution in [1.82, 2.24) is 4.90 Å². The maximum atomic E-state index is 5.67. The summed E-state index contributed by atoms with van der Waals surface area (Å²) in [4.78, 5) is 2.17. The molecule has 1 saturated carbocycles. The first-order chi connectivity index (χ1) is 7.76. The molecular formula is C14H24N2. The standard InChI is InChI=1S/C14H24N2/c1-3-10-16(2)11-4-5-13-6-8-14(12-15)9-7-13/h3,13-14H,1,6-12,15H2,2H3/t13-,14-. The zero-order valence-electron chi connectivity index (χ0n) is 10.4. The van der Waals surface area contributed by atoms with E-state index in [9.17, 15) is 0 Å². The molecule has 2 N–H and O–H groups in total.